The van der Waals surface area contributed by atoms with E-state index in [9.17, 15) is 9.50 Å². The highest BCUT2D eigenvalue weighted by Crippen LogP contribution is 2.25. The summed E-state index contributed by atoms with van der Waals surface area (Å²) in [5.41, 5.74) is 1.38. The summed E-state index contributed by atoms with van der Waals surface area (Å²) in [5.74, 6) is 0.0922. The number of halogens is 1. The molecule has 0 aliphatic carbocycles. The molecule has 3 nitrogen and oxygen atoms in total. The van der Waals surface area contributed by atoms with E-state index < -0.39 is 0 Å². The van der Waals surface area contributed by atoms with Crippen molar-refractivity contribution < 1.29 is 14.2 Å². The van der Waals surface area contributed by atoms with E-state index in [0.29, 0.717) is 17.9 Å². The summed E-state index contributed by atoms with van der Waals surface area (Å²) in [7, 11) is 0. The molecular weight excluding hydrogens is 277 g/mol. The number of aliphatic hydroxyl groups is 1. The minimum Gasteiger partial charge on any atom is -0.486 e. The Hall–Kier alpha value is -1.98. The van der Waals surface area contributed by atoms with Crippen LogP contribution in [0.25, 0.3) is 10.2 Å². The standard InChI is InChI=1S/C15H12FNO2S/c16-11-5-6-13(10(7-11)8-18)19-9-15-17-12-3-1-2-4-14(12)20-15/h1-7,18H,8-9H2. The molecule has 1 N–H and O–H groups in total. The third-order valence-corrected chi connectivity index (χ3v) is 3.89. The molecule has 3 aromatic rings. The Morgan fingerprint density at radius 1 is 1.20 bits per heavy atom. The molecule has 1 aromatic heterocycles. The average Bonchev–Trinajstić information content (AvgIpc) is 2.88. The zero-order chi connectivity index (χ0) is 13.9. The largest absolute Gasteiger partial charge is 0.486 e. The Bertz CT molecular complexity index is 709. The van der Waals surface area contributed by atoms with Crippen LogP contribution in [0.5, 0.6) is 5.75 Å². The SMILES string of the molecule is OCc1cc(F)ccc1OCc1nc2ccccc2s1. The number of hydrogen-bond acceptors (Lipinski definition) is 4. The van der Waals surface area contributed by atoms with Gasteiger partial charge in [-0.15, -0.1) is 11.3 Å². The van der Waals surface area contributed by atoms with Crippen molar-refractivity contribution in [2.75, 3.05) is 0 Å². The molecule has 0 bridgehead atoms. The Morgan fingerprint density at radius 2 is 2.05 bits per heavy atom. The third-order valence-electron chi connectivity index (χ3n) is 2.88. The number of aliphatic hydroxyl groups excluding tert-OH is 1. The summed E-state index contributed by atoms with van der Waals surface area (Å²) in [4.78, 5) is 4.46. The number of aromatic nitrogens is 1. The zero-order valence-electron chi connectivity index (χ0n) is 10.5. The molecule has 5 heteroatoms. The Kier molecular flexibility index (Phi) is 3.62. The van der Waals surface area contributed by atoms with Gasteiger partial charge in [-0.3, -0.25) is 0 Å². The van der Waals surface area contributed by atoms with Crippen LogP contribution in [0.2, 0.25) is 0 Å². The summed E-state index contributed by atoms with van der Waals surface area (Å²) >= 11 is 1.56. The van der Waals surface area contributed by atoms with E-state index in [1.54, 1.807) is 11.3 Å². The maximum absolute atomic E-state index is 13.1. The molecule has 1 heterocycles. The fourth-order valence-corrected chi connectivity index (χ4v) is 2.81. The van der Waals surface area contributed by atoms with Crippen LogP contribution < -0.4 is 4.74 Å². The van der Waals surface area contributed by atoms with E-state index in [-0.39, 0.29) is 12.4 Å². The van der Waals surface area contributed by atoms with Crippen molar-refractivity contribution >= 4 is 21.6 Å². The molecule has 0 atom stereocenters. The maximum Gasteiger partial charge on any atom is 0.140 e. The minimum absolute atomic E-state index is 0.257. The van der Waals surface area contributed by atoms with E-state index >= 15 is 0 Å². The molecule has 0 spiro atoms. The number of para-hydroxylation sites is 1. The van der Waals surface area contributed by atoms with Gasteiger partial charge >= 0.3 is 0 Å². The second-order valence-electron chi connectivity index (χ2n) is 4.27. The number of hydrogen-bond donors (Lipinski definition) is 1. The molecule has 20 heavy (non-hydrogen) atoms. The predicted molar refractivity (Wildman–Crippen MR) is 76.3 cm³/mol. The molecular formula is C15H12FNO2S. The first kappa shape index (κ1) is 13.0. The Morgan fingerprint density at radius 3 is 2.85 bits per heavy atom. The molecule has 0 saturated carbocycles. The predicted octanol–water partition coefficient (Wildman–Crippen LogP) is 3.51. The van der Waals surface area contributed by atoms with Crippen LogP contribution in [0, 0.1) is 5.82 Å². The van der Waals surface area contributed by atoms with Crippen molar-refractivity contribution in [3.63, 3.8) is 0 Å². The summed E-state index contributed by atoms with van der Waals surface area (Å²) in [6.45, 7) is 0.0465. The Labute approximate surface area is 119 Å². The van der Waals surface area contributed by atoms with E-state index in [2.05, 4.69) is 4.98 Å². The van der Waals surface area contributed by atoms with Crippen molar-refractivity contribution in [3.05, 3.63) is 58.9 Å². The van der Waals surface area contributed by atoms with Crippen LogP contribution in [0.15, 0.2) is 42.5 Å². The second kappa shape index (κ2) is 5.56. The van der Waals surface area contributed by atoms with E-state index in [4.69, 9.17) is 4.74 Å². The van der Waals surface area contributed by atoms with Crippen LogP contribution in [0.1, 0.15) is 10.6 Å². The number of thiazole rings is 1. The molecule has 2 aromatic carbocycles. The van der Waals surface area contributed by atoms with Gasteiger partial charge in [-0.2, -0.15) is 0 Å². The fourth-order valence-electron chi connectivity index (χ4n) is 1.93. The lowest BCUT2D eigenvalue weighted by molar-refractivity contribution is 0.258. The highest BCUT2D eigenvalue weighted by Gasteiger charge is 2.07. The first-order valence-corrected chi connectivity index (χ1v) is 6.94. The van der Waals surface area contributed by atoms with Crippen molar-refractivity contribution in [2.45, 2.75) is 13.2 Å². The van der Waals surface area contributed by atoms with Gasteiger partial charge in [0, 0.05) is 5.56 Å². The van der Waals surface area contributed by atoms with Gasteiger partial charge in [0.25, 0.3) is 0 Å². The van der Waals surface area contributed by atoms with Crippen LogP contribution >= 0.6 is 11.3 Å². The summed E-state index contributed by atoms with van der Waals surface area (Å²) in [6, 6.07) is 12.0. The lowest BCUT2D eigenvalue weighted by Crippen LogP contribution is -1.98. The van der Waals surface area contributed by atoms with Gasteiger partial charge in [0.05, 0.1) is 16.8 Å². The molecule has 0 aliphatic heterocycles. The van der Waals surface area contributed by atoms with Crippen molar-refractivity contribution in [1.29, 1.82) is 0 Å². The van der Waals surface area contributed by atoms with Crippen LogP contribution in [0.3, 0.4) is 0 Å². The monoisotopic (exact) mass is 289 g/mol. The molecule has 102 valence electrons. The number of rotatable bonds is 4. The van der Waals surface area contributed by atoms with Crippen LogP contribution in [-0.2, 0) is 13.2 Å². The molecule has 0 amide bonds. The maximum atomic E-state index is 13.1. The van der Waals surface area contributed by atoms with Crippen molar-refractivity contribution in [3.8, 4) is 5.75 Å². The number of ether oxygens (including phenoxy) is 1. The van der Waals surface area contributed by atoms with Crippen molar-refractivity contribution in [2.24, 2.45) is 0 Å². The lowest BCUT2D eigenvalue weighted by atomic mass is 10.2. The lowest BCUT2D eigenvalue weighted by Gasteiger charge is -2.08. The van der Waals surface area contributed by atoms with E-state index in [1.165, 1.54) is 18.2 Å². The average molecular weight is 289 g/mol. The normalized spacial score (nSPS) is 10.9. The van der Waals surface area contributed by atoms with E-state index in [0.717, 1.165) is 15.2 Å². The van der Waals surface area contributed by atoms with Gasteiger partial charge in [-0.25, -0.2) is 9.37 Å². The number of nitrogens with zero attached hydrogens (tertiary/aromatic N) is 1. The first-order chi connectivity index (χ1) is 9.76. The van der Waals surface area contributed by atoms with Gasteiger partial charge in [-0.05, 0) is 30.3 Å². The highest BCUT2D eigenvalue weighted by molar-refractivity contribution is 7.18. The van der Waals surface area contributed by atoms with Crippen molar-refractivity contribution in [1.82, 2.24) is 4.98 Å². The summed E-state index contributed by atoms with van der Waals surface area (Å²) in [5, 5.41) is 10.0. The first-order valence-electron chi connectivity index (χ1n) is 6.13. The smallest absolute Gasteiger partial charge is 0.140 e. The fraction of sp³-hybridized carbons (Fsp3) is 0.133. The Balaban J connectivity index is 1.79. The van der Waals surface area contributed by atoms with Crippen LogP contribution in [0.4, 0.5) is 4.39 Å². The van der Waals surface area contributed by atoms with Gasteiger partial charge in [0.1, 0.15) is 23.2 Å². The van der Waals surface area contributed by atoms with Gasteiger partial charge in [0.15, 0.2) is 0 Å². The zero-order valence-corrected chi connectivity index (χ0v) is 11.4. The third kappa shape index (κ3) is 2.64. The van der Waals surface area contributed by atoms with Gasteiger partial charge < -0.3 is 9.84 Å². The number of benzene rings is 2. The second-order valence-corrected chi connectivity index (χ2v) is 5.39. The molecule has 0 saturated heterocycles. The minimum atomic E-state index is -0.388. The molecule has 0 aliphatic rings. The molecule has 0 radical (unpaired) electrons. The molecule has 0 unspecified atom stereocenters. The quantitative estimate of drug-likeness (QED) is 0.799. The topological polar surface area (TPSA) is 42.4 Å². The summed E-state index contributed by atoms with van der Waals surface area (Å²) < 4.78 is 19.8. The van der Waals surface area contributed by atoms with E-state index in [1.807, 2.05) is 24.3 Å². The van der Waals surface area contributed by atoms with Gasteiger partial charge in [0.2, 0.25) is 0 Å². The van der Waals surface area contributed by atoms with Crippen LogP contribution in [-0.4, -0.2) is 10.1 Å². The molecule has 3 rings (SSSR count). The number of fused-ring (bicyclic) bond motifs is 1. The highest BCUT2D eigenvalue weighted by atomic mass is 32.1. The molecule has 0 fully saturated rings. The van der Waals surface area contributed by atoms with Gasteiger partial charge in [-0.1, -0.05) is 12.1 Å². The summed E-state index contributed by atoms with van der Waals surface area (Å²) in [6.07, 6.45) is 0.